The van der Waals surface area contributed by atoms with E-state index in [0.717, 1.165) is 53.1 Å². The molecule has 2 aliphatic rings. The van der Waals surface area contributed by atoms with Crippen molar-refractivity contribution in [2.24, 2.45) is 0 Å². The predicted molar refractivity (Wildman–Crippen MR) is 101 cm³/mol. The fourth-order valence-corrected chi connectivity index (χ4v) is 3.76. The molecule has 2 aromatic heterocycles. The van der Waals surface area contributed by atoms with Gasteiger partial charge < -0.3 is 9.80 Å². The molecule has 2 aliphatic heterocycles. The molecule has 1 aromatic carbocycles. The molecule has 130 valence electrons. The number of carbonyl (C=O) groups excluding carboxylic acids is 1. The third-order valence-electron chi connectivity index (χ3n) is 5.34. The second kappa shape index (κ2) is 6.09. The Morgan fingerprint density at radius 3 is 2.77 bits per heavy atom. The molecule has 1 fully saturated rings. The number of carbonyl (C=O) groups is 1. The highest BCUT2D eigenvalue weighted by Crippen LogP contribution is 2.32. The molecule has 0 bridgehead atoms. The Hall–Kier alpha value is -2.95. The van der Waals surface area contributed by atoms with Crippen LogP contribution in [0, 0.1) is 0 Å². The van der Waals surface area contributed by atoms with E-state index in [-0.39, 0.29) is 5.91 Å². The monoisotopic (exact) mass is 344 g/mol. The predicted octanol–water partition coefficient (Wildman–Crippen LogP) is 3.04. The van der Waals surface area contributed by atoms with Crippen LogP contribution in [0.3, 0.4) is 0 Å². The molecule has 5 heteroatoms. The largest absolute Gasteiger partial charge is 0.371 e. The quantitative estimate of drug-likeness (QED) is 0.730. The van der Waals surface area contributed by atoms with Crippen LogP contribution in [0.1, 0.15) is 28.2 Å². The van der Waals surface area contributed by atoms with Crippen molar-refractivity contribution in [3.63, 3.8) is 0 Å². The fourth-order valence-electron chi connectivity index (χ4n) is 3.76. The molecule has 1 saturated heterocycles. The summed E-state index contributed by atoms with van der Waals surface area (Å²) in [5.74, 6) is 0.107. The van der Waals surface area contributed by atoms with E-state index in [9.17, 15) is 4.79 Å². The molecule has 26 heavy (non-hydrogen) atoms. The minimum absolute atomic E-state index is 0.107. The van der Waals surface area contributed by atoms with Crippen LogP contribution < -0.4 is 4.90 Å². The van der Waals surface area contributed by atoms with Crippen LogP contribution in [0.2, 0.25) is 0 Å². The van der Waals surface area contributed by atoms with Crippen molar-refractivity contribution in [3.05, 3.63) is 65.6 Å². The second-order valence-corrected chi connectivity index (χ2v) is 6.96. The van der Waals surface area contributed by atoms with Gasteiger partial charge in [0.05, 0.1) is 29.0 Å². The van der Waals surface area contributed by atoms with Gasteiger partial charge in [-0.3, -0.25) is 14.8 Å². The first-order chi connectivity index (χ1) is 12.8. The van der Waals surface area contributed by atoms with Gasteiger partial charge in [0.2, 0.25) is 0 Å². The number of hydrogen-bond acceptors (Lipinski definition) is 4. The van der Waals surface area contributed by atoms with Crippen LogP contribution in [-0.2, 0) is 13.0 Å². The lowest BCUT2D eigenvalue weighted by molar-refractivity contribution is 0.0780. The van der Waals surface area contributed by atoms with Gasteiger partial charge in [-0.1, -0.05) is 24.3 Å². The highest BCUT2D eigenvalue weighted by Gasteiger charge is 2.33. The van der Waals surface area contributed by atoms with Crippen LogP contribution >= 0.6 is 0 Å². The fraction of sp³-hybridized carbons (Fsp3) is 0.286. The zero-order valence-corrected chi connectivity index (χ0v) is 14.6. The Bertz CT molecular complexity index is 996. The van der Waals surface area contributed by atoms with Crippen molar-refractivity contribution in [1.29, 1.82) is 0 Å². The van der Waals surface area contributed by atoms with Crippen molar-refractivity contribution < 1.29 is 4.79 Å². The minimum atomic E-state index is 0.107. The molecule has 0 unspecified atom stereocenters. The minimum Gasteiger partial charge on any atom is -0.371 e. The van der Waals surface area contributed by atoms with E-state index in [1.54, 1.807) is 0 Å². The maximum atomic E-state index is 12.9. The highest BCUT2D eigenvalue weighted by molar-refractivity contribution is 6.03. The Labute approximate surface area is 152 Å². The van der Waals surface area contributed by atoms with E-state index < -0.39 is 0 Å². The van der Waals surface area contributed by atoms with Crippen LogP contribution in [0.25, 0.3) is 10.9 Å². The summed E-state index contributed by atoms with van der Waals surface area (Å²) in [4.78, 5) is 26.3. The van der Waals surface area contributed by atoms with Crippen molar-refractivity contribution in [2.75, 3.05) is 24.5 Å². The number of hydrogen-bond donors (Lipinski definition) is 0. The van der Waals surface area contributed by atoms with E-state index in [1.807, 2.05) is 35.4 Å². The summed E-state index contributed by atoms with van der Waals surface area (Å²) in [6, 6.07) is 14.2. The lowest BCUT2D eigenvalue weighted by atomic mass is 10.1. The second-order valence-electron chi connectivity index (χ2n) is 6.96. The zero-order valence-electron chi connectivity index (χ0n) is 14.6. The Kier molecular flexibility index (Phi) is 3.59. The molecule has 0 radical (unpaired) electrons. The van der Waals surface area contributed by atoms with E-state index in [1.165, 1.54) is 6.42 Å². The van der Waals surface area contributed by atoms with Gasteiger partial charge in [0, 0.05) is 43.3 Å². The Morgan fingerprint density at radius 2 is 1.92 bits per heavy atom. The summed E-state index contributed by atoms with van der Waals surface area (Å²) in [6.07, 6.45) is 3.78. The van der Waals surface area contributed by atoms with Crippen molar-refractivity contribution >= 4 is 22.5 Å². The maximum Gasteiger partial charge on any atom is 0.258 e. The van der Waals surface area contributed by atoms with Gasteiger partial charge in [-0.2, -0.15) is 0 Å². The molecule has 0 aliphatic carbocycles. The number of anilines is 1. The summed E-state index contributed by atoms with van der Waals surface area (Å²) >= 11 is 0. The summed E-state index contributed by atoms with van der Waals surface area (Å²) in [6.45, 7) is 3.33. The average molecular weight is 344 g/mol. The van der Waals surface area contributed by atoms with Gasteiger partial charge in [0.1, 0.15) is 0 Å². The van der Waals surface area contributed by atoms with E-state index in [0.29, 0.717) is 13.1 Å². The van der Waals surface area contributed by atoms with Crippen molar-refractivity contribution in [3.8, 4) is 0 Å². The third-order valence-corrected chi connectivity index (χ3v) is 5.34. The smallest absolute Gasteiger partial charge is 0.258 e. The first kappa shape index (κ1) is 15.3. The summed E-state index contributed by atoms with van der Waals surface area (Å²) in [5.41, 5.74) is 4.79. The molecule has 5 rings (SSSR count). The number of amides is 1. The van der Waals surface area contributed by atoms with Crippen LogP contribution in [0.5, 0.6) is 0 Å². The first-order valence-corrected chi connectivity index (χ1v) is 9.16. The van der Waals surface area contributed by atoms with E-state index >= 15 is 0 Å². The number of nitrogens with zero attached hydrogens (tertiary/aromatic N) is 4. The highest BCUT2D eigenvalue weighted by atomic mass is 16.2. The van der Waals surface area contributed by atoms with Crippen molar-refractivity contribution in [1.82, 2.24) is 14.9 Å². The summed E-state index contributed by atoms with van der Waals surface area (Å²) in [7, 11) is 0. The molecule has 5 nitrogen and oxygen atoms in total. The SMILES string of the molecule is O=C1c2c(N3CCC3)ccnc2CN1CCc1ccc2ccccc2n1. The molecular weight excluding hydrogens is 324 g/mol. The molecule has 0 atom stereocenters. The van der Waals surface area contributed by atoms with Gasteiger partial charge in [-0.15, -0.1) is 0 Å². The van der Waals surface area contributed by atoms with Gasteiger partial charge in [0.15, 0.2) is 0 Å². The Morgan fingerprint density at radius 1 is 1.04 bits per heavy atom. The number of fused-ring (bicyclic) bond motifs is 2. The van der Waals surface area contributed by atoms with Gasteiger partial charge in [-0.05, 0) is 24.6 Å². The zero-order chi connectivity index (χ0) is 17.5. The average Bonchev–Trinajstić information content (AvgIpc) is 2.95. The summed E-state index contributed by atoms with van der Waals surface area (Å²) < 4.78 is 0. The number of benzene rings is 1. The summed E-state index contributed by atoms with van der Waals surface area (Å²) in [5, 5.41) is 1.14. The third kappa shape index (κ3) is 2.51. The van der Waals surface area contributed by atoms with E-state index in [2.05, 4.69) is 28.1 Å². The number of rotatable bonds is 4. The van der Waals surface area contributed by atoms with Crippen LogP contribution in [0.4, 0.5) is 5.69 Å². The van der Waals surface area contributed by atoms with Gasteiger partial charge >= 0.3 is 0 Å². The standard InChI is InChI=1S/C21H20N4O/c26-21-20-18(22-10-8-19(20)24-11-3-12-24)14-25(21)13-9-16-7-6-15-4-1-2-5-17(15)23-16/h1-2,4-8,10H,3,9,11-14H2. The Balaban J connectivity index is 1.34. The number of aromatic nitrogens is 2. The molecule has 0 saturated carbocycles. The van der Waals surface area contributed by atoms with Crippen LogP contribution in [0.15, 0.2) is 48.7 Å². The number of pyridine rings is 2. The lowest BCUT2D eigenvalue weighted by Gasteiger charge is -2.34. The van der Waals surface area contributed by atoms with Crippen LogP contribution in [-0.4, -0.2) is 40.4 Å². The molecular formula is C21H20N4O. The van der Waals surface area contributed by atoms with Crippen molar-refractivity contribution in [2.45, 2.75) is 19.4 Å². The van der Waals surface area contributed by atoms with Gasteiger partial charge in [-0.25, -0.2) is 0 Å². The van der Waals surface area contributed by atoms with E-state index in [4.69, 9.17) is 4.98 Å². The lowest BCUT2D eigenvalue weighted by Crippen LogP contribution is -2.38. The molecule has 0 spiro atoms. The maximum absolute atomic E-state index is 12.9. The first-order valence-electron chi connectivity index (χ1n) is 9.16. The number of para-hydroxylation sites is 1. The normalized spacial score (nSPS) is 16.1. The molecule has 1 amide bonds. The molecule has 3 aromatic rings. The van der Waals surface area contributed by atoms with Gasteiger partial charge in [0.25, 0.3) is 5.91 Å². The topological polar surface area (TPSA) is 49.3 Å². The molecule has 4 heterocycles. The molecule has 0 N–H and O–H groups in total.